The maximum atomic E-state index is 16.3. The largest absolute Gasteiger partial charge is 0.338 e. The molecule has 1 aliphatic heterocycles. The third-order valence-corrected chi connectivity index (χ3v) is 10.7. The lowest BCUT2D eigenvalue weighted by Crippen LogP contribution is -2.56. The lowest BCUT2D eigenvalue weighted by Gasteiger charge is -2.58. The predicted octanol–water partition coefficient (Wildman–Crippen LogP) is 5.05. The predicted molar refractivity (Wildman–Crippen MR) is 123 cm³/mol. The van der Waals surface area contributed by atoms with Crippen LogP contribution < -0.4 is 0 Å². The Kier molecular flexibility index (Phi) is 5.22. The van der Waals surface area contributed by atoms with Gasteiger partial charge in [-0.25, -0.2) is 4.39 Å². The molecule has 2 unspecified atom stereocenters. The van der Waals surface area contributed by atoms with E-state index >= 15 is 4.39 Å². The summed E-state index contributed by atoms with van der Waals surface area (Å²) in [6, 6.07) is 0. The summed E-state index contributed by atoms with van der Waals surface area (Å²) in [7, 11) is 0. The number of nitrogens with zero attached hydrogens (tertiary/aromatic N) is 3. The number of aromatic nitrogens is 2. The second-order valence-electron chi connectivity index (χ2n) is 12.0. The average molecular weight is 456 g/mol. The number of hydrogen-bond donors (Lipinski definition) is 0. The molecule has 33 heavy (non-hydrogen) atoms. The van der Waals surface area contributed by atoms with Crippen LogP contribution in [0, 0.1) is 35.0 Å². The Morgan fingerprint density at radius 3 is 2.67 bits per heavy atom. The van der Waals surface area contributed by atoms with Crippen molar-refractivity contribution in [2.45, 2.75) is 89.8 Å². The van der Waals surface area contributed by atoms with Gasteiger partial charge >= 0.3 is 0 Å². The van der Waals surface area contributed by atoms with Crippen molar-refractivity contribution in [1.29, 1.82) is 0 Å². The summed E-state index contributed by atoms with van der Waals surface area (Å²) in [6.07, 6.45) is 14.6. The van der Waals surface area contributed by atoms with Crippen LogP contribution in [0.4, 0.5) is 4.39 Å². The first-order valence-corrected chi connectivity index (χ1v) is 13.4. The molecule has 4 saturated carbocycles. The topological polar surface area (TPSA) is 55.2 Å². The Morgan fingerprint density at radius 1 is 1.03 bits per heavy atom. The van der Waals surface area contributed by atoms with Crippen LogP contribution in [0.3, 0.4) is 0 Å². The highest BCUT2D eigenvalue weighted by Gasteiger charge is 2.62. The zero-order valence-electron chi connectivity index (χ0n) is 20.0. The molecular weight excluding hydrogens is 417 g/mol. The lowest BCUT2D eigenvalue weighted by atomic mass is 9.48. The molecule has 1 amide bonds. The van der Waals surface area contributed by atoms with Crippen LogP contribution in [-0.2, 0) is 11.3 Å². The molecule has 7 atom stereocenters. The first-order valence-electron chi connectivity index (χ1n) is 13.4. The third-order valence-electron chi connectivity index (χ3n) is 10.7. The molecule has 0 aromatic carbocycles. The van der Waals surface area contributed by atoms with E-state index in [2.05, 4.69) is 12.0 Å². The van der Waals surface area contributed by atoms with Gasteiger partial charge in [0.05, 0.1) is 18.3 Å². The molecule has 0 N–H and O–H groups in total. The van der Waals surface area contributed by atoms with Gasteiger partial charge in [0.25, 0.3) is 5.91 Å². The Labute approximate surface area is 196 Å². The summed E-state index contributed by atoms with van der Waals surface area (Å²) < 4.78 is 18.0. The van der Waals surface area contributed by atoms with Gasteiger partial charge in [-0.15, -0.1) is 0 Å². The number of halogens is 1. The fourth-order valence-corrected chi connectivity index (χ4v) is 8.84. The molecule has 180 valence electrons. The van der Waals surface area contributed by atoms with Gasteiger partial charge in [-0.2, -0.15) is 5.10 Å². The Bertz CT molecular complexity index is 942. The highest BCUT2D eigenvalue weighted by molar-refractivity contribution is 5.94. The molecule has 2 heterocycles. The first kappa shape index (κ1) is 21.8. The third kappa shape index (κ3) is 3.33. The van der Waals surface area contributed by atoms with Crippen LogP contribution in [0.1, 0.15) is 87.9 Å². The molecule has 4 aliphatic carbocycles. The van der Waals surface area contributed by atoms with E-state index in [0.29, 0.717) is 17.4 Å². The van der Waals surface area contributed by atoms with Crippen LogP contribution in [0.15, 0.2) is 12.4 Å². The van der Waals surface area contributed by atoms with Crippen LogP contribution in [0.25, 0.3) is 0 Å². The minimum absolute atomic E-state index is 0.0143. The van der Waals surface area contributed by atoms with E-state index in [4.69, 9.17) is 0 Å². The molecule has 0 bridgehead atoms. The monoisotopic (exact) mass is 455 g/mol. The Hall–Kier alpha value is -1.72. The van der Waals surface area contributed by atoms with Crippen molar-refractivity contribution in [3.05, 3.63) is 18.0 Å². The summed E-state index contributed by atoms with van der Waals surface area (Å²) in [4.78, 5) is 27.7. The van der Waals surface area contributed by atoms with Gasteiger partial charge < -0.3 is 4.90 Å². The highest BCUT2D eigenvalue weighted by Crippen LogP contribution is 2.66. The van der Waals surface area contributed by atoms with E-state index in [1.54, 1.807) is 17.1 Å². The van der Waals surface area contributed by atoms with Gasteiger partial charge in [-0.3, -0.25) is 14.3 Å². The summed E-state index contributed by atoms with van der Waals surface area (Å²) in [5, 5.41) is 4.33. The van der Waals surface area contributed by atoms with Crippen LogP contribution in [0.5, 0.6) is 0 Å². The molecule has 6 heteroatoms. The smallest absolute Gasteiger partial charge is 0.257 e. The number of alkyl halides is 1. The second kappa shape index (κ2) is 7.91. The molecule has 5 aliphatic rings. The van der Waals surface area contributed by atoms with Gasteiger partial charge in [0.2, 0.25) is 0 Å². The zero-order chi connectivity index (χ0) is 22.8. The van der Waals surface area contributed by atoms with Crippen molar-refractivity contribution >= 4 is 11.7 Å². The number of carbonyl (C=O) groups excluding carboxylic acids is 2. The van der Waals surface area contributed by atoms with E-state index in [9.17, 15) is 9.59 Å². The molecule has 5 nitrogen and oxygen atoms in total. The van der Waals surface area contributed by atoms with Crippen LogP contribution in [-0.4, -0.2) is 45.1 Å². The number of amides is 1. The number of likely N-dealkylation sites (tertiary alicyclic amines) is 1. The summed E-state index contributed by atoms with van der Waals surface area (Å²) in [6.45, 7) is 4.19. The van der Waals surface area contributed by atoms with E-state index in [0.717, 1.165) is 77.3 Å². The van der Waals surface area contributed by atoms with Gasteiger partial charge in [-0.05, 0) is 86.9 Å². The van der Waals surface area contributed by atoms with Gasteiger partial charge in [0.15, 0.2) is 5.78 Å². The van der Waals surface area contributed by atoms with Crippen molar-refractivity contribution in [3.63, 3.8) is 0 Å². The van der Waals surface area contributed by atoms with Crippen molar-refractivity contribution in [2.75, 3.05) is 13.1 Å². The van der Waals surface area contributed by atoms with Crippen molar-refractivity contribution in [2.24, 2.45) is 35.0 Å². The van der Waals surface area contributed by atoms with E-state index in [-0.39, 0.29) is 41.4 Å². The standard InChI is InChI=1S/C27H38FN3O2/c1-26-12-10-22-20(7-6-19-5-2-3-11-27(19,22)28)21(26)8-9-23(26)24(32)17-31-16-18(15-29-31)25(33)30-13-4-14-30/h15-16,19-23H,2-14,17H2,1H3/t19-,20-,21?,22?,23+,26-,27+/m0/s1. The Morgan fingerprint density at radius 2 is 1.88 bits per heavy atom. The molecule has 1 aromatic heterocycles. The Balaban J connectivity index is 1.16. The summed E-state index contributed by atoms with van der Waals surface area (Å²) in [5.41, 5.74) is -0.380. The maximum absolute atomic E-state index is 16.3. The quantitative estimate of drug-likeness (QED) is 0.638. The fourth-order valence-electron chi connectivity index (χ4n) is 8.84. The van der Waals surface area contributed by atoms with Gasteiger partial charge in [0, 0.05) is 25.2 Å². The normalized spacial score (nSPS) is 42.1. The molecular formula is C27H38FN3O2. The number of hydrogen-bond acceptors (Lipinski definition) is 3. The van der Waals surface area contributed by atoms with Crippen LogP contribution in [0.2, 0.25) is 0 Å². The molecule has 5 fully saturated rings. The molecule has 1 saturated heterocycles. The average Bonchev–Trinajstić information content (AvgIpc) is 3.36. The van der Waals surface area contributed by atoms with E-state index < -0.39 is 5.67 Å². The maximum Gasteiger partial charge on any atom is 0.257 e. The van der Waals surface area contributed by atoms with E-state index in [1.807, 2.05) is 4.90 Å². The second-order valence-corrected chi connectivity index (χ2v) is 12.0. The molecule has 0 radical (unpaired) electrons. The van der Waals surface area contributed by atoms with Gasteiger partial charge in [0.1, 0.15) is 5.67 Å². The van der Waals surface area contributed by atoms with E-state index in [1.165, 1.54) is 6.42 Å². The summed E-state index contributed by atoms with van der Waals surface area (Å²) >= 11 is 0. The zero-order valence-corrected chi connectivity index (χ0v) is 20.0. The number of Topliss-reactive ketones (excluding diaryl/α,β-unsaturated/α-hetero) is 1. The number of rotatable bonds is 4. The lowest BCUT2D eigenvalue weighted by molar-refractivity contribution is -0.143. The fraction of sp³-hybridized carbons (Fsp3) is 0.815. The molecule has 6 rings (SSSR count). The first-order chi connectivity index (χ1) is 15.9. The molecule has 1 aromatic rings. The molecule has 0 spiro atoms. The van der Waals surface area contributed by atoms with Crippen LogP contribution >= 0.6 is 0 Å². The summed E-state index contributed by atoms with van der Waals surface area (Å²) in [5.74, 6) is 1.71. The minimum atomic E-state index is -0.945. The number of ketones is 1. The van der Waals surface area contributed by atoms with Crippen molar-refractivity contribution < 1.29 is 14.0 Å². The number of carbonyl (C=O) groups is 2. The highest BCUT2D eigenvalue weighted by atomic mass is 19.1. The van der Waals surface area contributed by atoms with Gasteiger partial charge in [-0.1, -0.05) is 19.8 Å². The number of fused-ring (bicyclic) bond motifs is 5. The van der Waals surface area contributed by atoms with Crippen molar-refractivity contribution in [1.82, 2.24) is 14.7 Å². The minimum Gasteiger partial charge on any atom is -0.338 e. The SMILES string of the molecule is C[C@]12CCC3[C@@H](CC[C@@H]4CCCC[C@]34F)C1CC[C@@H]2C(=O)Cn1cc(C(=O)N2CCC2)cn1. The van der Waals surface area contributed by atoms with Crippen molar-refractivity contribution in [3.8, 4) is 0 Å².